The lowest BCUT2D eigenvalue weighted by Gasteiger charge is -2.12. The number of anilines is 2. The van der Waals surface area contributed by atoms with Crippen LogP contribution in [0.5, 0.6) is 11.5 Å². The van der Waals surface area contributed by atoms with Crippen LogP contribution < -0.4 is 15.8 Å². The molecule has 0 unspecified atom stereocenters. The zero-order valence-electron chi connectivity index (χ0n) is 18.9. The van der Waals surface area contributed by atoms with Gasteiger partial charge in [-0.15, -0.1) is 0 Å². The van der Waals surface area contributed by atoms with Crippen molar-refractivity contribution in [2.45, 2.75) is 19.8 Å². The van der Waals surface area contributed by atoms with Crippen LogP contribution in [0.4, 0.5) is 21.9 Å². The molecule has 0 aromatic heterocycles. The van der Waals surface area contributed by atoms with Gasteiger partial charge in [0.2, 0.25) is 0 Å². The predicted octanol–water partition coefficient (Wildman–Crippen LogP) is 6.53. The minimum absolute atomic E-state index is 0.0352. The molecule has 0 aliphatic rings. The number of urea groups is 1. The van der Waals surface area contributed by atoms with Gasteiger partial charge >= 0.3 is 6.03 Å². The van der Waals surface area contributed by atoms with Crippen molar-refractivity contribution in [3.8, 4) is 11.5 Å². The molecule has 0 spiro atoms. The number of rotatable bonds is 5. The molecule has 3 aromatic carbocycles. The number of nitrogens with one attached hydrogen (secondary N) is 1. The molecule has 3 N–H and O–H groups in total. The number of nitrogens with zero attached hydrogens (tertiary/aromatic N) is 2. The van der Waals surface area contributed by atoms with Gasteiger partial charge in [0.25, 0.3) is 5.69 Å². The Morgan fingerprint density at radius 3 is 2.18 bits per heavy atom. The monoisotopic (exact) mass is 470 g/mol. The maximum Gasteiger partial charge on any atom is 0.321 e. The second-order valence-corrected chi connectivity index (χ2v) is 7.96. The number of carbonyl (C=O) groups excluding carboxylic acids is 1. The van der Waals surface area contributed by atoms with E-state index >= 15 is 0 Å². The molecule has 3 aromatic rings. The van der Waals surface area contributed by atoms with Crippen molar-refractivity contribution >= 4 is 34.7 Å². The molecule has 8 nitrogen and oxygen atoms in total. The molecule has 0 saturated carbocycles. The van der Waals surface area contributed by atoms with Crippen molar-refractivity contribution in [1.29, 1.82) is 0 Å². The number of nitro benzene ring substituents is 1. The van der Waals surface area contributed by atoms with E-state index in [1.165, 1.54) is 22.6 Å². The lowest BCUT2D eigenvalue weighted by molar-refractivity contribution is -0.383. The van der Waals surface area contributed by atoms with Gasteiger partial charge in [0.15, 0.2) is 0 Å². The van der Waals surface area contributed by atoms with Crippen LogP contribution in [-0.2, 0) is 0 Å². The van der Waals surface area contributed by atoms with E-state index in [0.29, 0.717) is 11.7 Å². The van der Waals surface area contributed by atoms with Crippen LogP contribution >= 0.6 is 11.6 Å². The van der Waals surface area contributed by atoms with Gasteiger partial charge < -0.3 is 20.7 Å². The standard InChI is InChI=1S/C12H9ClN2O3.C12H18N2O/c13-11-10(18-8-4-2-1-3-5-8)7-6-9(12(11)14)15(16)17;1-9(2)10-5-7-11(8-6-10)13-12(15)14(3)4/h1-7H,14H2;5-9H,1-4H3,(H,13,15). The Balaban J connectivity index is 0.000000238. The molecule has 0 saturated heterocycles. The Labute approximate surface area is 198 Å². The predicted molar refractivity (Wildman–Crippen MR) is 132 cm³/mol. The van der Waals surface area contributed by atoms with E-state index in [1.807, 2.05) is 30.3 Å². The summed E-state index contributed by atoms with van der Waals surface area (Å²) >= 11 is 5.94. The lowest BCUT2D eigenvalue weighted by Crippen LogP contribution is -2.27. The summed E-state index contributed by atoms with van der Waals surface area (Å²) in [6.45, 7) is 4.29. The molecule has 0 bridgehead atoms. The van der Waals surface area contributed by atoms with Gasteiger partial charge in [-0.3, -0.25) is 10.1 Å². The lowest BCUT2D eigenvalue weighted by atomic mass is 10.0. The maximum absolute atomic E-state index is 11.3. The normalized spacial score (nSPS) is 10.1. The Morgan fingerprint density at radius 2 is 1.67 bits per heavy atom. The topological polar surface area (TPSA) is 111 Å². The van der Waals surface area contributed by atoms with Crippen molar-refractivity contribution in [2.75, 3.05) is 25.1 Å². The fourth-order valence-electron chi connectivity index (χ4n) is 2.60. The van der Waals surface area contributed by atoms with Gasteiger partial charge in [-0.1, -0.05) is 55.8 Å². The highest BCUT2D eigenvalue weighted by Gasteiger charge is 2.18. The van der Waals surface area contributed by atoms with Crippen LogP contribution in [0.15, 0.2) is 66.7 Å². The number of carbonyl (C=O) groups is 1. The van der Waals surface area contributed by atoms with Crippen LogP contribution in [0.3, 0.4) is 0 Å². The van der Waals surface area contributed by atoms with Crippen molar-refractivity contribution in [1.82, 2.24) is 4.90 Å². The molecule has 2 amide bonds. The molecule has 3 rings (SSSR count). The zero-order valence-corrected chi connectivity index (χ0v) is 19.7. The Kier molecular flexibility index (Phi) is 9.06. The van der Waals surface area contributed by atoms with E-state index in [1.54, 1.807) is 38.4 Å². The summed E-state index contributed by atoms with van der Waals surface area (Å²) in [5.41, 5.74) is 7.35. The Bertz CT molecular complexity index is 1090. The van der Waals surface area contributed by atoms with Gasteiger partial charge in [0, 0.05) is 25.8 Å². The first kappa shape index (κ1) is 25.5. The highest BCUT2D eigenvalue weighted by atomic mass is 35.5. The van der Waals surface area contributed by atoms with Crippen LogP contribution in [-0.4, -0.2) is 29.9 Å². The number of hydrogen-bond donors (Lipinski definition) is 2. The van der Waals surface area contributed by atoms with Crippen molar-refractivity contribution < 1.29 is 14.5 Å². The van der Waals surface area contributed by atoms with Crippen LogP contribution in [0, 0.1) is 10.1 Å². The Hall–Kier alpha value is -3.78. The number of para-hydroxylation sites is 1. The van der Waals surface area contributed by atoms with Crippen LogP contribution in [0.1, 0.15) is 25.3 Å². The highest BCUT2D eigenvalue weighted by molar-refractivity contribution is 6.35. The fraction of sp³-hybridized carbons (Fsp3) is 0.208. The van der Waals surface area contributed by atoms with Gasteiger partial charge in [-0.25, -0.2) is 4.79 Å². The van der Waals surface area contributed by atoms with Crippen molar-refractivity contribution in [3.05, 3.63) is 87.4 Å². The third-order valence-corrected chi connectivity index (χ3v) is 4.91. The molecule has 0 radical (unpaired) electrons. The minimum Gasteiger partial charge on any atom is -0.456 e. The number of amides is 2. The van der Waals surface area contributed by atoms with E-state index in [2.05, 4.69) is 19.2 Å². The Morgan fingerprint density at radius 1 is 1.06 bits per heavy atom. The first-order chi connectivity index (χ1) is 15.6. The molecular weight excluding hydrogens is 444 g/mol. The van der Waals surface area contributed by atoms with Gasteiger partial charge in [-0.2, -0.15) is 0 Å². The van der Waals surface area contributed by atoms with E-state index in [-0.39, 0.29) is 28.2 Å². The minimum atomic E-state index is -0.590. The summed E-state index contributed by atoms with van der Waals surface area (Å²) in [5, 5.41) is 13.5. The molecule has 9 heteroatoms. The molecule has 0 aliphatic carbocycles. The molecule has 174 valence electrons. The van der Waals surface area contributed by atoms with Gasteiger partial charge in [0.05, 0.1) is 4.92 Å². The SMILES string of the molecule is CC(C)c1ccc(NC(=O)N(C)C)cc1.Nc1c([N+](=O)[O-])ccc(Oc2ccccc2)c1Cl. The number of ether oxygens (including phenoxy) is 1. The number of nitro groups is 1. The average molecular weight is 471 g/mol. The number of halogens is 1. The molecule has 33 heavy (non-hydrogen) atoms. The summed E-state index contributed by atoms with van der Waals surface area (Å²) in [4.78, 5) is 22.9. The second kappa shape index (κ2) is 11.7. The number of benzene rings is 3. The highest BCUT2D eigenvalue weighted by Crippen LogP contribution is 2.38. The summed E-state index contributed by atoms with van der Waals surface area (Å²) < 4.78 is 5.49. The van der Waals surface area contributed by atoms with Crippen LogP contribution in [0.2, 0.25) is 5.02 Å². The summed E-state index contributed by atoms with van der Waals surface area (Å²) in [6, 6.07) is 19.5. The average Bonchev–Trinajstić information content (AvgIpc) is 2.78. The molecule has 0 heterocycles. The maximum atomic E-state index is 11.3. The third-order valence-electron chi connectivity index (χ3n) is 4.52. The van der Waals surface area contributed by atoms with E-state index < -0.39 is 4.92 Å². The van der Waals surface area contributed by atoms with E-state index in [9.17, 15) is 14.9 Å². The molecule has 0 fully saturated rings. The molecule has 0 atom stereocenters. The van der Waals surface area contributed by atoms with Crippen LogP contribution in [0.25, 0.3) is 0 Å². The number of hydrogen-bond acceptors (Lipinski definition) is 5. The third kappa shape index (κ3) is 7.40. The van der Waals surface area contributed by atoms with Gasteiger partial charge in [0.1, 0.15) is 22.2 Å². The van der Waals surface area contributed by atoms with Crippen molar-refractivity contribution in [2.24, 2.45) is 0 Å². The van der Waals surface area contributed by atoms with E-state index in [0.717, 1.165) is 5.69 Å². The van der Waals surface area contributed by atoms with E-state index in [4.69, 9.17) is 22.1 Å². The number of nitrogens with two attached hydrogens (primary N) is 1. The smallest absolute Gasteiger partial charge is 0.321 e. The largest absolute Gasteiger partial charge is 0.456 e. The fourth-order valence-corrected chi connectivity index (χ4v) is 2.80. The van der Waals surface area contributed by atoms with Gasteiger partial charge in [-0.05, 0) is 41.8 Å². The first-order valence-electron chi connectivity index (χ1n) is 10.1. The summed E-state index contributed by atoms with van der Waals surface area (Å²) in [7, 11) is 3.44. The summed E-state index contributed by atoms with van der Waals surface area (Å²) in [6.07, 6.45) is 0. The zero-order chi connectivity index (χ0) is 24.5. The molecule has 0 aliphatic heterocycles. The number of nitrogen functional groups attached to an aromatic ring is 1. The summed E-state index contributed by atoms with van der Waals surface area (Å²) in [5.74, 6) is 1.38. The quantitative estimate of drug-likeness (QED) is 0.250. The van der Waals surface area contributed by atoms with Crippen molar-refractivity contribution in [3.63, 3.8) is 0 Å². The molecular formula is C24H27ClN4O4. The first-order valence-corrected chi connectivity index (χ1v) is 10.5. The second-order valence-electron chi connectivity index (χ2n) is 7.58.